The molecule has 0 aliphatic carbocycles. The smallest absolute Gasteiger partial charge is 0.154 e. The van der Waals surface area contributed by atoms with Gasteiger partial charge < -0.3 is 0 Å². The molecule has 4 aromatic carbocycles. The number of hydrogen-bond acceptors (Lipinski definition) is 4. The molecule has 0 amide bonds. The molecule has 0 fully saturated rings. The normalized spacial score (nSPS) is 12.7. The predicted octanol–water partition coefficient (Wildman–Crippen LogP) is 7.41. The molecule has 27 heavy (non-hydrogen) atoms. The Labute approximate surface area is 157 Å². The summed E-state index contributed by atoms with van der Waals surface area (Å²) in [6.45, 7) is 0. The summed E-state index contributed by atoms with van der Waals surface area (Å²) in [5.74, 6) is 0. The fraction of sp³-hybridized carbons (Fsp3) is 0.0435. The maximum absolute atomic E-state index is 4.49. The minimum Gasteiger partial charge on any atom is -0.154 e. The lowest BCUT2D eigenvalue weighted by Gasteiger charge is -2.06. The van der Waals surface area contributed by atoms with Gasteiger partial charge in [0.25, 0.3) is 0 Å². The number of benzene rings is 4. The van der Waals surface area contributed by atoms with Crippen LogP contribution in [0.3, 0.4) is 0 Å². The van der Waals surface area contributed by atoms with Crippen molar-refractivity contribution >= 4 is 22.1 Å². The molecule has 4 nitrogen and oxygen atoms in total. The average molecular weight is 350 g/mol. The molecule has 0 aliphatic heterocycles. The summed E-state index contributed by atoms with van der Waals surface area (Å²) in [4.78, 5) is 0. The van der Waals surface area contributed by atoms with Crippen LogP contribution in [-0.4, -0.2) is 0 Å². The number of fused-ring (bicyclic) bond motifs is 1. The molecule has 130 valence electrons. The van der Waals surface area contributed by atoms with Gasteiger partial charge >= 0.3 is 0 Å². The Hall–Kier alpha value is -3.66. The van der Waals surface area contributed by atoms with Crippen LogP contribution in [0.4, 0.5) is 11.4 Å². The van der Waals surface area contributed by atoms with Crippen LogP contribution in [0.1, 0.15) is 11.7 Å². The summed E-state index contributed by atoms with van der Waals surface area (Å²) in [5.41, 5.74) is 2.56. The number of rotatable bonds is 5. The van der Waals surface area contributed by atoms with Crippen molar-refractivity contribution in [2.45, 2.75) is 6.17 Å². The number of hydrogen-bond donors (Lipinski definition) is 0. The maximum atomic E-state index is 4.49. The Morgan fingerprint density at radius 1 is 0.519 bits per heavy atom. The van der Waals surface area contributed by atoms with Gasteiger partial charge in [-0.1, -0.05) is 84.9 Å². The van der Waals surface area contributed by atoms with Crippen molar-refractivity contribution in [3.8, 4) is 0 Å². The molecule has 0 saturated carbocycles. The fourth-order valence-corrected chi connectivity index (χ4v) is 2.81. The van der Waals surface area contributed by atoms with E-state index < -0.39 is 6.17 Å². The minimum absolute atomic E-state index is 0.495. The highest BCUT2D eigenvalue weighted by atomic mass is 15.3. The summed E-state index contributed by atoms with van der Waals surface area (Å²) >= 11 is 0. The molecule has 0 radical (unpaired) electrons. The molecular formula is C23H18N4. The molecule has 1 atom stereocenters. The highest BCUT2D eigenvalue weighted by molar-refractivity contribution is 5.92. The Morgan fingerprint density at radius 3 is 1.96 bits per heavy atom. The molecule has 4 aromatic rings. The van der Waals surface area contributed by atoms with E-state index in [0.29, 0.717) is 0 Å². The predicted molar refractivity (Wildman–Crippen MR) is 109 cm³/mol. The van der Waals surface area contributed by atoms with Gasteiger partial charge in [-0.15, -0.1) is 0 Å². The van der Waals surface area contributed by atoms with E-state index >= 15 is 0 Å². The summed E-state index contributed by atoms with van der Waals surface area (Å²) in [5, 5.41) is 19.9. The second-order valence-electron chi connectivity index (χ2n) is 6.05. The summed E-state index contributed by atoms with van der Waals surface area (Å²) in [7, 11) is 0. The summed E-state index contributed by atoms with van der Waals surface area (Å²) < 4.78 is 0. The van der Waals surface area contributed by atoms with E-state index in [1.807, 2.05) is 91.0 Å². The third-order valence-electron chi connectivity index (χ3n) is 4.18. The quantitative estimate of drug-likeness (QED) is 0.337. The van der Waals surface area contributed by atoms with Crippen molar-refractivity contribution in [2.24, 2.45) is 20.5 Å². The van der Waals surface area contributed by atoms with Gasteiger partial charge in [0, 0.05) is 10.9 Å². The third-order valence-corrected chi connectivity index (χ3v) is 4.18. The van der Waals surface area contributed by atoms with Crippen molar-refractivity contribution in [2.75, 3.05) is 0 Å². The van der Waals surface area contributed by atoms with E-state index in [2.05, 4.69) is 32.6 Å². The zero-order chi connectivity index (χ0) is 18.3. The highest BCUT2D eigenvalue weighted by Gasteiger charge is 2.09. The van der Waals surface area contributed by atoms with Crippen LogP contribution in [0.15, 0.2) is 124 Å². The molecule has 0 heterocycles. The van der Waals surface area contributed by atoms with E-state index in [0.717, 1.165) is 27.7 Å². The fourth-order valence-electron chi connectivity index (χ4n) is 2.81. The zero-order valence-electron chi connectivity index (χ0n) is 14.7. The second kappa shape index (κ2) is 8.15. The summed E-state index contributed by atoms with van der Waals surface area (Å²) in [6.07, 6.45) is -0.495. The van der Waals surface area contributed by atoms with Crippen molar-refractivity contribution in [1.82, 2.24) is 0 Å². The highest BCUT2D eigenvalue weighted by Crippen LogP contribution is 2.29. The van der Waals surface area contributed by atoms with Crippen molar-refractivity contribution in [1.29, 1.82) is 0 Å². The molecule has 4 rings (SSSR count). The topological polar surface area (TPSA) is 49.4 Å². The van der Waals surface area contributed by atoms with Gasteiger partial charge in [-0.2, -0.15) is 20.5 Å². The van der Waals surface area contributed by atoms with Gasteiger partial charge in [-0.05, 0) is 23.6 Å². The lowest BCUT2D eigenvalue weighted by Crippen LogP contribution is -1.89. The van der Waals surface area contributed by atoms with Crippen LogP contribution >= 0.6 is 0 Å². The van der Waals surface area contributed by atoms with E-state index in [9.17, 15) is 0 Å². The first kappa shape index (κ1) is 16.8. The van der Waals surface area contributed by atoms with Gasteiger partial charge in [-0.25, -0.2) is 0 Å². The first-order valence-electron chi connectivity index (χ1n) is 8.80. The van der Waals surface area contributed by atoms with Gasteiger partial charge in [0.05, 0.1) is 11.4 Å². The lowest BCUT2D eigenvalue weighted by atomic mass is 10.1. The second-order valence-corrected chi connectivity index (χ2v) is 6.05. The monoisotopic (exact) mass is 350 g/mol. The van der Waals surface area contributed by atoms with Crippen molar-refractivity contribution in [3.63, 3.8) is 0 Å². The van der Waals surface area contributed by atoms with Crippen LogP contribution in [0, 0.1) is 0 Å². The molecule has 0 saturated heterocycles. The molecule has 0 spiro atoms. The first-order valence-corrected chi connectivity index (χ1v) is 8.80. The van der Waals surface area contributed by atoms with Crippen LogP contribution < -0.4 is 0 Å². The molecule has 1 unspecified atom stereocenters. The van der Waals surface area contributed by atoms with Crippen LogP contribution in [0.2, 0.25) is 0 Å². The standard InChI is InChI=1S/C23H18N4/c1-3-11-19(12-4-1)23(26-24-20-14-5-2-6-15-20)27-25-22-17-9-13-18-10-7-8-16-21(18)22/h1-17,23H. The molecule has 0 aliphatic rings. The van der Waals surface area contributed by atoms with Crippen LogP contribution in [-0.2, 0) is 0 Å². The molecule has 0 bridgehead atoms. The Bertz CT molecular complexity index is 1070. The average Bonchev–Trinajstić information content (AvgIpc) is 2.75. The molecule has 4 heteroatoms. The van der Waals surface area contributed by atoms with Crippen LogP contribution in [0.5, 0.6) is 0 Å². The molecular weight excluding hydrogens is 332 g/mol. The molecule has 0 aromatic heterocycles. The Morgan fingerprint density at radius 2 is 1.15 bits per heavy atom. The zero-order valence-corrected chi connectivity index (χ0v) is 14.7. The summed E-state index contributed by atoms with van der Waals surface area (Å²) in [6, 6.07) is 33.7. The van der Waals surface area contributed by atoms with E-state index in [-0.39, 0.29) is 0 Å². The molecule has 0 N–H and O–H groups in total. The number of azo groups is 2. The van der Waals surface area contributed by atoms with E-state index in [1.165, 1.54) is 0 Å². The van der Waals surface area contributed by atoms with Crippen molar-refractivity contribution in [3.05, 3.63) is 109 Å². The van der Waals surface area contributed by atoms with Gasteiger partial charge in [0.1, 0.15) is 0 Å². The van der Waals surface area contributed by atoms with Crippen molar-refractivity contribution < 1.29 is 0 Å². The van der Waals surface area contributed by atoms with E-state index in [1.54, 1.807) is 0 Å². The van der Waals surface area contributed by atoms with Gasteiger partial charge in [0.15, 0.2) is 0 Å². The SMILES string of the molecule is c1ccc(N=NC(N=Nc2cccc3ccccc23)c2ccccc2)cc1. The van der Waals surface area contributed by atoms with Gasteiger partial charge in [0.2, 0.25) is 6.17 Å². The number of nitrogens with zero attached hydrogens (tertiary/aromatic N) is 4. The lowest BCUT2D eigenvalue weighted by molar-refractivity contribution is 0.690. The Kier molecular flexibility index (Phi) is 5.07. The largest absolute Gasteiger partial charge is 0.206 e. The van der Waals surface area contributed by atoms with Gasteiger partial charge in [-0.3, -0.25) is 0 Å². The van der Waals surface area contributed by atoms with E-state index in [4.69, 9.17) is 0 Å². The maximum Gasteiger partial charge on any atom is 0.206 e. The minimum atomic E-state index is -0.495. The van der Waals surface area contributed by atoms with Crippen LogP contribution in [0.25, 0.3) is 10.8 Å². The third kappa shape index (κ3) is 4.12. The first-order chi connectivity index (χ1) is 13.4. The Balaban J connectivity index is 1.68.